The average molecular weight is 419 g/mol. The minimum atomic E-state index is -3.71. The Morgan fingerprint density at radius 3 is 2.46 bits per heavy atom. The third-order valence-corrected chi connectivity index (χ3v) is 7.85. The molecule has 2 aromatic carbocycles. The Hall–Kier alpha value is -1.89. The van der Waals surface area contributed by atoms with E-state index < -0.39 is 10.0 Å². The maximum Gasteiger partial charge on any atom is 0.258 e. The molecule has 5 nitrogen and oxygen atoms in total. The van der Waals surface area contributed by atoms with E-state index >= 15 is 0 Å². The Morgan fingerprint density at radius 1 is 0.929 bits per heavy atom. The van der Waals surface area contributed by atoms with Gasteiger partial charge in [0.2, 0.25) is 10.0 Å². The molecule has 148 valence electrons. The van der Waals surface area contributed by atoms with Crippen molar-refractivity contribution in [2.24, 2.45) is 0 Å². The molecule has 0 aromatic heterocycles. The molecule has 0 N–H and O–H groups in total. The number of carbonyl (C=O) groups excluding carboxylic acids is 1. The van der Waals surface area contributed by atoms with Crippen LogP contribution in [0.25, 0.3) is 0 Å². The van der Waals surface area contributed by atoms with Gasteiger partial charge in [0.25, 0.3) is 5.91 Å². The maximum atomic E-state index is 13.2. The normalized spacial score (nSPS) is 18.0. The Labute approximate surface area is 171 Å². The SMILES string of the molecule is O=C(c1ccc(Cl)c(S(=O)(=O)N2CCCCC2)c1)N1CCCc2ccccc21. The van der Waals surface area contributed by atoms with Gasteiger partial charge in [0.15, 0.2) is 0 Å². The monoisotopic (exact) mass is 418 g/mol. The van der Waals surface area contributed by atoms with Gasteiger partial charge in [-0.2, -0.15) is 4.31 Å². The molecule has 0 saturated carbocycles. The number of halogens is 1. The molecule has 2 aliphatic heterocycles. The molecule has 0 aliphatic carbocycles. The molecule has 0 bridgehead atoms. The van der Waals surface area contributed by atoms with Crippen molar-refractivity contribution in [3.8, 4) is 0 Å². The molecule has 1 amide bonds. The van der Waals surface area contributed by atoms with Crippen LogP contribution in [-0.4, -0.2) is 38.3 Å². The van der Waals surface area contributed by atoms with Crippen LogP contribution >= 0.6 is 11.6 Å². The fourth-order valence-corrected chi connectivity index (χ4v) is 6.00. The van der Waals surface area contributed by atoms with Crippen molar-refractivity contribution >= 4 is 33.2 Å². The molecule has 2 aromatic rings. The molecule has 0 radical (unpaired) electrons. The van der Waals surface area contributed by atoms with Gasteiger partial charge in [-0.15, -0.1) is 0 Å². The second-order valence-corrected chi connectivity index (χ2v) is 9.61. The van der Waals surface area contributed by atoms with Gasteiger partial charge in [-0.3, -0.25) is 4.79 Å². The molecule has 28 heavy (non-hydrogen) atoms. The summed E-state index contributed by atoms with van der Waals surface area (Å²) in [6.07, 6.45) is 4.55. The van der Waals surface area contributed by atoms with E-state index in [-0.39, 0.29) is 15.8 Å². The van der Waals surface area contributed by atoms with Crippen molar-refractivity contribution in [2.75, 3.05) is 24.5 Å². The van der Waals surface area contributed by atoms with Crippen LogP contribution < -0.4 is 4.90 Å². The Balaban J connectivity index is 1.69. The zero-order chi connectivity index (χ0) is 19.7. The minimum absolute atomic E-state index is 0.0206. The largest absolute Gasteiger partial charge is 0.308 e. The Kier molecular flexibility index (Phi) is 5.45. The summed E-state index contributed by atoms with van der Waals surface area (Å²) in [5, 5.41) is 0.154. The van der Waals surface area contributed by atoms with Gasteiger partial charge >= 0.3 is 0 Å². The number of anilines is 1. The molecular formula is C21H23ClN2O3S. The lowest BCUT2D eigenvalue weighted by molar-refractivity contribution is 0.0985. The quantitative estimate of drug-likeness (QED) is 0.753. The maximum absolute atomic E-state index is 13.2. The number of nitrogens with zero attached hydrogens (tertiary/aromatic N) is 2. The molecule has 1 saturated heterocycles. The van der Waals surface area contributed by atoms with Crippen molar-refractivity contribution in [3.05, 3.63) is 58.6 Å². The number of benzene rings is 2. The van der Waals surface area contributed by atoms with Crippen molar-refractivity contribution in [2.45, 2.75) is 37.0 Å². The predicted octanol–water partition coefficient (Wildman–Crippen LogP) is 4.11. The number of piperidine rings is 1. The number of hydrogen-bond donors (Lipinski definition) is 0. The predicted molar refractivity (Wildman–Crippen MR) is 111 cm³/mol. The standard InChI is InChI=1S/C21H23ClN2O3S/c22-18-11-10-17(15-20(18)28(26,27)23-12-4-1-5-13-23)21(25)24-14-6-8-16-7-2-3-9-19(16)24/h2-3,7,9-11,15H,1,4-6,8,12-14H2. The Bertz CT molecular complexity index is 1000. The van der Waals surface area contributed by atoms with Crippen LogP contribution in [0.5, 0.6) is 0 Å². The highest BCUT2D eigenvalue weighted by atomic mass is 35.5. The first-order valence-corrected chi connectivity index (χ1v) is 11.5. The zero-order valence-electron chi connectivity index (χ0n) is 15.6. The topological polar surface area (TPSA) is 57.7 Å². The first kappa shape index (κ1) is 19.4. The highest BCUT2D eigenvalue weighted by Gasteiger charge is 2.30. The van der Waals surface area contributed by atoms with Crippen molar-refractivity contribution in [1.82, 2.24) is 4.31 Å². The van der Waals surface area contributed by atoms with E-state index in [9.17, 15) is 13.2 Å². The highest BCUT2D eigenvalue weighted by molar-refractivity contribution is 7.89. The van der Waals surface area contributed by atoms with Gasteiger partial charge in [-0.05, 0) is 55.5 Å². The van der Waals surface area contributed by atoms with Gasteiger partial charge in [0.05, 0.1) is 5.02 Å². The lowest BCUT2D eigenvalue weighted by Gasteiger charge is -2.30. The van der Waals surface area contributed by atoms with Crippen LogP contribution in [0, 0.1) is 0 Å². The molecule has 7 heteroatoms. The van der Waals surface area contributed by atoms with E-state index in [1.165, 1.54) is 16.4 Å². The molecule has 4 rings (SSSR count). The van der Waals surface area contributed by atoms with Crippen molar-refractivity contribution in [1.29, 1.82) is 0 Å². The van der Waals surface area contributed by atoms with E-state index in [1.54, 1.807) is 11.0 Å². The summed E-state index contributed by atoms with van der Waals surface area (Å²) < 4.78 is 27.6. The third kappa shape index (κ3) is 3.56. The second kappa shape index (κ2) is 7.85. The summed E-state index contributed by atoms with van der Waals surface area (Å²) in [7, 11) is -3.71. The van der Waals surface area contributed by atoms with E-state index in [0.717, 1.165) is 43.4 Å². The summed E-state index contributed by atoms with van der Waals surface area (Å²) in [4.78, 5) is 15.0. The fourth-order valence-electron chi connectivity index (χ4n) is 3.98. The van der Waals surface area contributed by atoms with Gasteiger partial charge in [0, 0.05) is 30.9 Å². The number of hydrogen-bond acceptors (Lipinski definition) is 3. The van der Waals surface area contributed by atoms with E-state index in [1.807, 2.05) is 24.3 Å². The van der Waals surface area contributed by atoms with Gasteiger partial charge in [0.1, 0.15) is 4.90 Å². The average Bonchev–Trinajstić information content (AvgIpc) is 2.73. The smallest absolute Gasteiger partial charge is 0.258 e. The summed E-state index contributed by atoms with van der Waals surface area (Å²) in [5.74, 6) is -0.195. The number of sulfonamides is 1. The number of fused-ring (bicyclic) bond motifs is 1. The van der Waals surface area contributed by atoms with Crippen molar-refractivity contribution < 1.29 is 13.2 Å². The van der Waals surface area contributed by atoms with E-state index in [2.05, 4.69) is 0 Å². The molecular weight excluding hydrogens is 396 g/mol. The van der Waals surface area contributed by atoms with Crippen molar-refractivity contribution in [3.63, 3.8) is 0 Å². The van der Waals surface area contributed by atoms with E-state index in [0.29, 0.717) is 25.2 Å². The number of aryl methyl sites for hydroxylation is 1. The Morgan fingerprint density at radius 2 is 1.68 bits per heavy atom. The highest BCUT2D eigenvalue weighted by Crippen LogP contribution is 2.31. The number of amides is 1. The second-order valence-electron chi connectivity index (χ2n) is 7.30. The summed E-state index contributed by atoms with van der Waals surface area (Å²) in [5.41, 5.74) is 2.38. The first-order valence-electron chi connectivity index (χ1n) is 9.68. The van der Waals surface area contributed by atoms with Gasteiger partial charge in [-0.1, -0.05) is 36.2 Å². The van der Waals surface area contributed by atoms with Crippen LogP contribution in [0.15, 0.2) is 47.4 Å². The van der Waals surface area contributed by atoms with Gasteiger partial charge < -0.3 is 4.90 Å². The third-order valence-electron chi connectivity index (χ3n) is 5.47. The van der Waals surface area contributed by atoms with Crippen LogP contribution in [0.1, 0.15) is 41.6 Å². The summed E-state index contributed by atoms with van der Waals surface area (Å²) in [6.45, 7) is 1.61. The lowest BCUT2D eigenvalue weighted by atomic mass is 10.0. The van der Waals surface area contributed by atoms with E-state index in [4.69, 9.17) is 11.6 Å². The molecule has 0 spiro atoms. The molecule has 1 fully saturated rings. The van der Waals surface area contributed by atoms with Gasteiger partial charge in [-0.25, -0.2) is 8.42 Å². The fraction of sp³-hybridized carbons (Fsp3) is 0.381. The minimum Gasteiger partial charge on any atom is -0.308 e. The molecule has 2 heterocycles. The number of para-hydroxylation sites is 1. The van der Waals surface area contributed by atoms with Crippen LogP contribution in [0.3, 0.4) is 0 Å². The van der Waals surface area contributed by atoms with Crippen LogP contribution in [0.4, 0.5) is 5.69 Å². The number of rotatable bonds is 3. The number of carbonyl (C=O) groups is 1. The van der Waals surface area contributed by atoms with Crippen LogP contribution in [-0.2, 0) is 16.4 Å². The molecule has 2 aliphatic rings. The molecule has 0 atom stereocenters. The van der Waals surface area contributed by atoms with Crippen LogP contribution in [0.2, 0.25) is 5.02 Å². The first-order chi connectivity index (χ1) is 13.5. The zero-order valence-corrected chi connectivity index (χ0v) is 17.2. The lowest BCUT2D eigenvalue weighted by Crippen LogP contribution is -2.37. The summed E-state index contributed by atoms with van der Waals surface area (Å²) >= 11 is 6.24. The molecule has 0 unspecified atom stereocenters. The summed E-state index contributed by atoms with van der Waals surface area (Å²) in [6, 6.07) is 12.4.